The highest BCUT2D eigenvalue weighted by atomic mass is 35.5. The van der Waals surface area contributed by atoms with E-state index in [0.29, 0.717) is 28.7 Å². The minimum absolute atomic E-state index is 0.0417. The molecule has 1 aromatic heterocycles. The molecule has 18 heteroatoms. The third-order valence-corrected chi connectivity index (χ3v) is 26.8. The number of anilines is 1. The predicted octanol–water partition coefficient (Wildman–Crippen LogP) is 16.1. The lowest BCUT2D eigenvalue weighted by Gasteiger charge is -2.64. The summed E-state index contributed by atoms with van der Waals surface area (Å²) in [6.07, 6.45) is 17.1. The number of halogens is 1. The Morgan fingerprint density at radius 3 is 1.44 bits per heavy atom. The Balaban J connectivity index is 0.831. The molecule has 0 bridgehead atoms. The van der Waals surface area contributed by atoms with Crippen molar-refractivity contribution < 1.29 is 57.2 Å². The van der Waals surface area contributed by atoms with Crippen LogP contribution in [0.4, 0.5) is 15.3 Å². The number of pyridine rings is 1. The molecule has 0 radical (unpaired) electrons. The molecule has 0 unspecified atom stereocenters. The van der Waals surface area contributed by atoms with Crippen LogP contribution in [0.2, 0.25) is 5.02 Å². The van der Waals surface area contributed by atoms with E-state index >= 15 is 0 Å². The standard InChI is InChI=1S/C78H120ClN5O12/c1-45(57-24-26-59-69-61(43-67(77(57,59)15)93-49(5)87)75(13)31-28-54(82-71(89)95-73(7,8)9)38-51(75)40-65(69)91-47(3)85)20-17-35-84(37-19-33-80-63-30-34-81-64-42-53(79)22-23-56(63)64)36-18-21-46(2)58-25-27-60-70-62(44-68(78(58,60)16)94-50(6)88)76(14)32-29-55(83-72(90)96-74(10,11)12)39-52(76)41-66(70)92-48(4)86/h22-23,30,34,42,45-46,51-52,54-55,57-62,65-70H,17-21,24-29,31-33,35-41,43-44H2,1-16H3,(H,80,81)(H,82,89)(H,83,90)/t45-,46-,51+,52+,54-,55-,57-,58-,59+,60+,61+,62+,65-,66-,67+,68+,69+,70+,75+,76+,77-,78-/m1/s1. The Kier molecular flexibility index (Phi) is 22.6. The van der Waals surface area contributed by atoms with E-state index in [4.69, 9.17) is 40.0 Å². The molecule has 22 atom stereocenters. The second kappa shape index (κ2) is 29.4. The fourth-order valence-electron chi connectivity index (χ4n) is 22.7. The van der Waals surface area contributed by atoms with Gasteiger partial charge in [0.2, 0.25) is 0 Å². The normalized spacial score (nSPS) is 36.8. The molecule has 2 aromatic rings. The zero-order chi connectivity index (χ0) is 69.6. The van der Waals surface area contributed by atoms with Crippen molar-refractivity contribution in [2.24, 2.45) is 92.7 Å². The van der Waals surface area contributed by atoms with E-state index in [1.165, 1.54) is 13.8 Å². The third-order valence-electron chi connectivity index (χ3n) is 26.6. The monoisotopic (exact) mass is 1350 g/mol. The van der Waals surface area contributed by atoms with Crippen LogP contribution in [-0.2, 0) is 47.6 Å². The summed E-state index contributed by atoms with van der Waals surface area (Å²) < 4.78 is 37.5. The molecule has 0 spiro atoms. The van der Waals surface area contributed by atoms with Crippen LogP contribution in [0.3, 0.4) is 0 Å². The van der Waals surface area contributed by atoms with Gasteiger partial charge in [0.1, 0.15) is 35.6 Å². The molecule has 2 amide bonds. The average molecular weight is 1360 g/mol. The van der Waals surface area contributed by atoms with Gasteiger partial charge in [-0.2, -0.15) is 0 Å². The van der Waals surface area contributed by atoms with Crippen molar-refractivity contribution in [3.8, 4) is 0 Å². The maximum Gasteiger partial charge on any atom is 0.407 e. The van der Waals surface area contributed by atoms with Crippen molar-refractivity contribution in [3.05, 3.63) is 35.5 Å². The highest BCUT2D eigenvalue weighted by Crippen LogP contribution is 2.71. The van der Waals surface area contributed by atoms with Crippen molar-refractivity contribution in [2.45, 2.75) is 280 Å². The van der Waals surface area contributed by atoms with Gasteiger partial charge in [0, 0.05) is 91.3 Å². The Morgan fingerprint density at radius 1 is 0.573 bits per heavy atom. The molecule has 0 saturated heterocycles. The van der Waals surface area contributed by atoms with Crippen molar-refractivity contribution in [3.63, 3.8) is 0 Å². The molecule has 0 aliphatic heterocycles. The van der Waals surface area contributed by atoms with Crippen LogP contribution in [0.5, 0.6) is 0 Å². The molecular formula is C78H120ClN5O12. The minimum atomic E-state index is -0.604. The van der Waals surface area contributed by atoms with Gasteiger partial charge in [-0.25, -0.2) is 9.59 Å². The minimum Gasteiger partial charge on any atom is -0.462 e. The SMILES string of the molecule is CC(=O)O[C@H]1C[C@H]2[C@@H]([C@H](OC(C)=O)C[C@@H]3C[C@H](NC(=O)OC(C)(C)C)CC[C@@]32C)[C@@H]2CC[C@H]([C@H](C)CCCN(CCCNc3ccnc4cc(Cl)ccc34)CCC[C@@H](C)[C@H]3CC[C@H]4[C@@H]5[C@H](OC(C)=O)C[C@@H]6C[C@H](NC(=O)OC(C)(C)C)CC[C@]6(C)[C@H]5C[C@H](OC(C)=O)[C@]34C)[C@@]12C. The first kappa shape index (κ1) is 73.8. The molecule has 96 heavy (non-hydrogen) atoms. The number of carbonyl (C=O) groups is 6. The van der Waals surface area contributed by atoms with E-state index < -0.39 is 23.4 Å². The van der Waals surface area contributed by atoms with Gasteiger partial charge in [-0.3, -0.25) is 24.2 Å². The van der Waals surface area contributed by atoms with Crippen molar-refractivity contribution in [1.82, 2.24) is 20.5 Å². The molecule has 10 rings (SSSR count). The number of hydrogen-bond acceptors (Lipinski definition) is 15. The maximum atomic E-state index is 13.3. The number of rotatable bonds is 21. The summed E-state index contributed by atoms with van der Waals surface area (Å²) in [7, 11) is 0. The number of nitrogens with zero attached hydrogens (tertiary/aromatic N) is 2. The van der Waals surface area contributed by atoms with E-state index in [9.17, 15) is 28.8 Å². The number of aromatic nitrogens is 1. The first-order valence-corrected chi connectivity index (χ1v) is 37.7. The fourth-order valence-corrected chi connectivity index (χ4v) is 22.8. The maximum absolute atomic E-state index is 13.3. The Morgan fingerprint density at radius 2 is 1.01 bits per heavy atom. The number of amides is 2. The van der Waals surface area contributed by atoms with Crippen LogP contribution in [0.25, 0.3) is 10.9 Å². The zero-order valence-electron chi connectivity index (χ0n) is 61.2. The van der Waals surface area contributed by atoms with Gasteiger partial charge >= 0.3 is 36.1 Å². The Hall–Kier alpha value is -4.90. The molecule has 1 heterocycles. The second-order valence-electron chi connectivity index (χ2n) is 34.6. The summed E-state index contributed by atoms with van der Waals surface area (Å²) in [6, 6.07) is 7.82. The van der Waals surface area contributed by atoms with Crippen LogP contribution in [0.1, 0.15) is 233 Å². The van der Waals surface area contributed by atoms with E-state index in [1.54, 1.807) is 13.8 Å². The summed E-state index contributed by atoms with van der Waals surface area (Å²) in [6.45, 7) is 35.6. The van der Waals surface area contributed by atoms with Crippen LogP contribution < -0.4 is 16.0 Å². The van der Waals surface area contributed by atoms with Gasteiger partial charge in [0.15, 0.2) is 0 Å². The molecular weight excluding hydrogens is 1230 g/mol. The van der Waals surface area contributed by atoms with Gasteiger partial charge in [0.25, 0.3) is 0 Å². The lowest BCUT2D eigenvalue weighted by molar-refractivity contribution is -0.221. The van der Waals surface area contributed by atoms with Crippen LogP contribution in [0, 0.1) is 92.7 Å². The van der Waals surface area contributed by atoms with E-state index in [1.807, 2.05) is 72.0 Å². The number of hydrogen-bond donors (Lipinski definition) is 3. The highest BCUT2D eigenvalue weighted by Gasteiger charge is 2.70. The fraction of sp³-hybridized carbons (Fsp3) is 0.808. The quantitative estimate of drug-likeness (QED) is 0.0603. The number of carbonyl (C=O) groups excluding carboxylic acids is 6. The first-order valence-electron chi connectivity index (χ1n) is 37.3. The molecule has 3 N–H and O–H groups in total. The predicted molar refractivity (Wildman–Crippen MR) is 374 cm³/mol. The van der Waals surface area contributed by atoms with Crippen LogP contribution in [0.15, 0.2) is 30.5 Å². The van der Waals surface area contributed by atoms with Crippen molar-refractivity contribution in [1.29, 1.82) is 0 Å². The van der Waals surface area contributed by atoms with Gasteiger partial charge < -0.3 is 49.3 Å². The summed E-state index contributed by atoms with van der Waals surface area (Å²) >= 11 is 6.39. The summed E-state index contributed by atoms with van der Waals surface area (Å²) in [4.78, 5) is 86.3. The zero-order valence-corrected chi connectivity index (χ0v) is 62.0. The number of fused-ring (bicyclic) bond motifs is 11. The third kappa shape index (κ3) is 15.8. The van der Waals surface area contributed by atoms with E-state index in [-0.39, 0.29) is 129 Å². The number of benzene rings is 1. The van der Waals surface area contributed by atoms with Crippen molar-refractivity contribution >= 4 is 64.3 Å². The molecule has 1 aromatic carbocycles. The molecule has 8 fully saturated rings. The summed E-state index contributed by atoms with van der Waals surface area (Å²) in [5, 5.41) is 11.8. The van der Waals surface area contributed by atoms with Gasteiger partial charge in [0.05, 0.1) is 5.52 Å². The van der Waals surface area contributed by atoms with Gasteiger partial charge in [-0.05, 0) is 277 Å². The Labute approximate surface area is 579 Å². The second-order valence-corrected chi connectivity index (χ2v) is 35.1. The lowest BCUT2D eigenvalue weighted by atomic mass is 9.43. The molecule has 8 aliphatic rings. The number of alkyl carbamates (subject to hydrolysis) is 2. The number of nitrogens with one attached hydrogen (secondary N) is 3. The van der Waals surface area contributed by atoms with Crippen LogP contribution in [-0.4, -0.2) is 120 Å². The van der Waals surface area contributed by atoms with Crippen molar-refractivity contribution in [2.75, 3.05) is 31.5 Å². The largest absolute Gasteiger partial charge is 0.462 e. The summed E-state index contributed by atoms with van der Waals surface area (Å²) in [5.41, 5.74) is -0.0896. The number of ether oxygens (including phenoxy) is 6. The highest BCUT2D eigenvalue weighted by molar-refractivity contribution is 6.31. The molecule has 8 saturated carbocycles. The van der Waals surface area contributed by atoms with E-state index in [2.05, 4.69) is 67.4 Å². The molecule has 17 nitrogen and oxygen atoms in total. The molecule has 8 aliphatic carbocycles. The average Bonchev–Trinajstić information content (AvgIpc) is 1.35. The smallest absolute Gasteiger partial charge is 0.407 e. The molecule has 536 valence electrons. The van der Waals surface area contributed by atoms with Gasteiger partial charge in [-0.1, -0.05) is 53.1 Å². The van der Waals surface area contributed by atoms with E-state index in [0.717, 1.165) is 165 Å². The summed E-state index contributed by atoms with van der Waals surface area (Å²) in [5.74, 6) is 1.78. The number of esters is 4. The lowest BCUT2D eigenvalue weighted by Crippen LogP contribution is -2.64. The Bertz CT molecular complexity index is 2960. The topological polar surface area (TPSA) is 210 Å². The van der Waals surface area contributed by atoms with Gasteiger partial charge in [-0.15, -0.1) is 0 Å². The van der Waals surface area contributed by atoms with Crippen LogP contribution >= 0.6 is 11.6 Å². The first-order chi connectivity index (χ1) is 45.1.